The summed E-state index contributed by atoms with van der Waals surface area (Å²) in [6, 6.07) is 17.2. The summed E-state index contributed by atoms with van der Waals surface area (Å²) in [5, 5.41) is 5.40. The van der Waals surface area contributed by atoms with Crippen LogP contribution in [0.4, 0.5) is 21.9 Å². The Balaban J connectivity index is 1.26. The Labute approximate surface area is 231 Å². The molecule has 204 valence electrons. The van der Waals surface area contributed by atoms with Crippen molar-refractivity contribution in [2.75, 3.05) is 54.1 Å². The van der Waals surface area contributed by atoms with Crippen LogP contribution in [0.2, 0.25) is 0 Å². The van der Waals surface area contributed by atoms with Crippen LogP contribution in [0.25, 0.3) is 0 Å². The van der Waals surface area contributed by atoms with Crippen molar-refractivity contribution in [2.24, 2.45) is 0 Å². The van der Waals surface area contributed by atoms with Gasteiger partial charge in [-0.1, -0.05) is 24.3 Å². The number of thioether (sulfide) groups is 1. The number of urea groups is 1. The fourth-order valence-electron chi connectivity index (χ4n) is 4.32. The molecular weight excluding hydrogens is 538 g/mol. The lowest BCUT2D eigenvalue weighted by atomic mass is 10.1. The number of carbonyl (C=O) groups is 2. The van der Waals surface area contributed by atoms with Crippen molar-refractivity contribution in [1.29, 1.82) is 0 Å². The van der Waals surface area contributed by atoms with Crippen LogP contribution < -0.4 is 21.1 Å². The van der Waals surface area contributed by atoms with Crippen LogP contribution >= 0.6 is 11.8 Å². The number of amides is 3. The summed E-state index contributed by atoms with van der Waals surface area (Å²) in [5.41, 5.74) is 7.94. The van der Waals surface area contributed by atoms with E-state index in [4.69, 9.17) is 10.5 Å². The first-order valence-corrected chi connectivity index (χ1v) is 15.1. The molecule has 0 saturated carbocycles. The normalized spacial score (nSPS) is 16.7. The summed E-state index contributed by atoms with van der Waals surface area (Å²) in [4.78, 5) is 27.6. The minimum atomic E-state index is -4.14. The lowest BCUT2D eigenvalue weighted by Crippen LogP contribution is -2.43. The number of nitrogen functional groups attached to an aromatic ring is 1. The topological polar surface area (TPSA) is 134 Å². The Kier molecular flexibility index (Phi) is 7.96. The summed E-state index contributed by atoms with van der Waals surface area (Å²) in [7, 11) is -4.14. The molecule has 3 amide bonds. The van der Waals surface area contributed by atoms with Gasteiger partial charge < -0.3 is 21.1 Å². The molecule has 3 aromatic rings. The standard InChI is InChI=1S/C27H29N5O5S2/c28-22-3-1-2-4-23(22)29-26(33)20-7-5-19(6-8-20)18-32-27(34)30-24-10-9-21(17-25(24)39(32,35)36)37-14-11-31-12-15-38-16-13-31/h1-10,17H,11-16,18,28H2,(H,29,33)(H,30,34). The third kappa shape index (κ3) is 6.13. The van der Waals surface area contributed by atoms with E-state index in [-0.39, 0.29) is 23.0 Å². The first kappa shape index (κ1) is 26.9. The summed E-state index contributed by atoms with van der Waals surface area (Å²) < 4.78 is 33.5. The predicted molar refractivity (Wildman–Crippen MR) is 153 cm³/mol. The van der Waals surface area contributed by atoms with Crippen molar-refractivity contribution in [3.63, 3.8) is 0 Å². The number of para-hydroxylation sites is 2. The van der Waals surface area contributed by atoms with Gasteiger partial charge in [-0.3, -0.25) is 9.69 Å². The van der Waals surface area contributed by atoms with Gasteiger partial charge >= 0.3 is 6.03 Å². The largest absolute Gasteiger partial charge is 0.492 e. The lowest BCUT2D eigenvalue weighted by molar-refractivity contribution is 0.102. The number of hydrogen-bond donors (Lipinski definition) is 3. The van der Waals surface area contributed by atoms with Crippen LogP contribution in [0.3, 0.4) is 0 Å². The predicted octanol–water partition coefficient (Wildman–Crippen LogP) is 3.69. The fourth-order valence-corrected chi connectivity index (χ4v) is 6.78. The van der Waals surface area contributed by atoms with E-state index in [1.54, 1.807) is 60.7 Å². The van der Waals surface area contributed by atoms with E-state index in [9.17, 15) is 18.0 Å². The number of nitrogens with one attached hydrogen (secondary N) is 2. The Hall–Kier alpha value is -3.74. The van der Waals surface area contributed by atoms with Gasteiger partial charge in [-0.25, -0.2) is 17.5 Å². The van der Waals surface area contributed by atoms with Crippen molar-refractivity contribution in [3.05, 3.63) is 77.9 Å². The van der Waals surface area contributed by atoms with Crippen LogP contribution in [0.15, 0.2) is 71.6 Å². The highest BCUT2D eigenvalue weighted by atomic mass is 32.2. The van der Waals surface area contributed by atoms with Crippen LogP contribution in [-0.4, -0.2) is 67.3 Å². The lowest BCUT2D eigenvalue weighted by Gasteiger charge is -2.29. The number of carbonyl (C=O) groups excluding carboxylic acids is 2. The average molecular weight is 568 g/mol. The summed E-state index contributed by atoms with van der Waals surface area (Å²) in [5.74, 6) is 2.27. The number of sulfonamides is 1. The van der Waals surface area contributed by atoms with Crippen molar-refractivity contribution in [1.82, 2.24) is 9.21 Å². The first-order valence-electron chi connectivity index (χ1n) is 12.5. The Morgan fingerprint density at radius 2 is 1.79 bits per heavy atom. The number of ether oxygens (including phenoxy) is 1. The molecule has 1 saturated heterocycles. The highest BCUT2D eigenvalue weighted by Gasteiger charge is 2.37. The number of anilines is 3. The second-order valence-corrected chi connectivity index (χ2v) is 12.2. The van der Waals surface area contributed by atoms with Gasteiger partial charge in [-0.05, 0) is 42.0 Å². The van der Waals surface area contributed by atoms with Gasteiger partial charge in [0.15, 0.2) is 0 Å². The van der Waals surface area contributed by atoms with E-state index in [1.165, 1.54) is 6.07 Å². The first-order chi connectivity index (χ1) is 18.8. The Morgan fingerprint density at radius 3 is 2.54 bits per heavy atom. The maximum Gasteiger partial charge on any atom is 0.336 e. The van der Waals surface area contributed by atoms with Crippen LogP contribution in [0.5, 0.6) is 5.75 Å². The SMILES string of the molecule is Nc1ccccc1NC(=O)c1ccc(CN2C(=O)Nc3ccc(OCCN4CCSCC4)cc3S2(=O)=O)cc1. The molecule has 10 nitrogen and oxygen atoms in total. The summed E-state index contributed by atoms with van der Waals surface area (Å²) >= 11 is 1.94. The van der Waals surface area contributed by atoms with Gasteiger partial charge in [0.1, 0.15) is 17.3 Å². The molecule has 1 fully saturated rings. The molecule has 0 unspecified atom stereocenters. The maximum atomic E-state index is 13.4. The monoisotopic (exact) mass is 567 g/mol. The molecule has 3 aromatic carbocycles. The zero-order chi connectivity index (χ0) is 27.4. The Morgan fingerprint density at radius 1 is 1.05 bits per heavy atom. The highest BCUT2D eigenvalue weighted by molar-refractivity contribution is 7.99. The molecule has 2 aliphatic rings. The number of rotatable bonds is 8. The number of fused-ring (bicyclic) bond motifs is 1. The third-order valence-corrected chi connectivity index (χ3v) is 9.23. The molecule has 0 bridgehead atoms. The number of nitrogens with zero attached hydrogens (tertiary/aromatic N) is 2. The fraction of sp³-hybridized carbons (Fsp3) is 0.259. The van der Waals surface area contributed by atoms with Gasteiger partial charge in [-0.2, -0.15) is 11.8 Å². The molecule has 0 aromatic heterocycles. The van der Waals surface area contributed by atoms with Crippen molar-refractivity contribution >= 4 is 50.8 Å². The molecular formula is C27H29N5O5S2. The highest BCUT2D eigenvalue weighted by Crippen LogP contribution is 2.34. The molecule has 39 heavy (non-hydrogen) atoms. The molecule has 2 heterocycles. The third-order valence-electron chi connectivity index (χ3n) is 6.52. The van der Waals surface area contributed by atoms with E-state index in [1.807, 2.05) is 11.8 Å². The summed E-state index contributed by atoms with van der Waals surface area (Å²) in [6.45, 7) is 3.04. The van der Waals surface area contributed by atoms with Crippen LogP contribution in [-0.2, 0) is 16.6 Å². The van der Waals surface area contributed by atoms with Gasteiger partial charge in [0, 0.05) is 42.8 Å². The van der Waals surface area contributed by atoms with E-state index < -0.39 is 16.1 Å². The molecule has 2 aliphatic heterocycles. The van der Waals surface area contributed by atoms with Crippen molar-refractivity contribution in [3.8, 4) is 5.75 Å². The maximum absolute atomic E-state index is 13.4. The number of nitrogens with two attached hydrogens (primary N) is 1. The van der Waals surface area contributed by atoms with Gasteiger partial charge in [0.05, 0.1) is 23.6 Å². The zero-order valence-electron chi connectivity index (χ0n) is 21.1. The molecule has 4 N–H and O–H groups in total. The van der Waals surface area contributed by atoms with E-state index in [0.717, 1.165) is 35.4 Å². The Bertz CT molecular complexity index is 1470. The molecule has 0 aliphatic carbocycles. The second kappa shape index (κ2) is 11.6. The quantitative estimate of drug-likeness (QED) is 0.351. The van der Waals surface area contributed by atoms with Crippen LogP contribution in [0, 0.1) is 0 Å². The minimum Gasteiger partial charge on any atom is -0.492 e. The van der Waals surface area contributed by atoms with Gasteiger partial charge in [0.25, 0.3) is 15.9 Å². The van der Waals surface area contributed by atoms with E-state index in [0.29, 0.717) is 34.9 Å². The smallest absolute Gasteiger partial charge is 0.336 e. The molecule has 5 rings (SSSR count). The van der Waals surface area contributed by atoms with Crippen molar-refractivity contribution < 1.29 is 22.7 Å². The minimum absolute atomic E-state index is 0.0228. The number of hydrogen-bond acceptors (Lipinski definition) is 8. The van der Waals surface area contributed by atoms with Gasteiger partial charge in [-0.15, -0.1) is 0 Å². The average Bonchev–Trinajstić information content (AvgIpc) is 2.93. The second-order valence-electron chi connectivity index (χ2n) is 9.14. The number of benzene rings is 3. The van der Waals surface area contributed by atoms with Crippen molar-refractivity contribution in [2.45, 2.75) is 11.4 Å². The molecule has 0 atom stereocenters. The molecule has 12 heteroatoms. The molecule has 0 spiro atoms. The molecule has 0 radical (unpaired) electrons. The van der Waals surface area contributed by atoms with E-state index >= 15 is 0 Å². The van der Waals surface area contributed by atoms with E-state index in [2.05, 4.69) is 15.5 Å². The summed E-state index contributed by atoms with van der Waals surface area (Å²) in [6.07, 6.45) is 0. The van der Waals surface area contributed by atoms with Crippen LogP contribution in [0.1, 0.15) is 15.9 Å². The zero-order valence-corrected chi connectivity index (χ0v) is 22.8. The van der Waals surface area contributed by atoms with Gasteiger partial charge in [0.2, 0.25) is 0 Å².